The Balaban J connectivity index is 1.55. The molecule has 4 bridgehead atoms. The second kappa shape index (κ2) is 4.44. The van der Waals surface area contributed by atoms with Crippen LogP contribution in [0.5, 0.6) is 0 Å². The van der Waals surface area contributed by atoms with Crippen LogP contribution in [0.1, 0.15) is 61.4 Å². The quantitative estimate of drug-likeness (QED) is 0.729. The third-order valence-electron chi connectivity index (χ3n) is 6.10. The molecule has 5 rings (SSSR count). The number of carbonyl (C=O) groups excluding carboxylic acids is 1. The molecule has 0 amide bonds. The van der Waals surface area contributed by atoms with Crippen molar-refractivity contribution in [3.63, 3.8) is 0 Å². The van der Waals surface area contributed by atoms with Crippen LogP contribution in [0, 0.1) is 23.2 Å². The second-order valence-electron chi connectivity index (χ2n) is 7.85. The monoisotopic (exact) mass is 268 g/mol. The van der Waals surface area contributed by atoms with E-state index in [1.807, 2.05) is 12.1 Å². The summed E-state index contributed by atoms with van der Waals surface area (Å²) in [5.41, 5.74) is 2.89. The van der Waals surface area contributed by atoms with E-state index in [0.29, 0.717) is 5.41 Å². The minimum Gasteiger partial charge on any atom is -0.295 e. The molecule has 4 aliphatic rings. The third-order valence-corrected chi connectivity index (χ3v) is 6.10. The summed E-state index contributed by atoms with van der Waals surface area (Å²) in [6, 6.07) is 8.40. The van der Waals surface area contributed by atoms with Crippen molar-refractivity contribution >= 4 is 5.78 Å². The van der Waals surface area contributed by atoms with Crippen LogP contribution in [-0.4, -0.2) is 5.78 Å². The highest BCUT2D eigenvalue weighted by atomic mass is 16.1. The highest BCUT2D eigenvalue weighted by molar-refractivity contribution is 5.93. The molecular weight excluding hydrogens is 244 g/mol. The van der Waals surface area contributed by atoms with E-state index in [2.05, 4.69) is 12.1 Å². The van der Waals surface area contributed by atoms with Gasteiger partial charge in [0.25, 0.3) is 0 Å². The number of Topliss-reactive ketones (excluding diaryl/α,β-unsaturated/α-hetero) is 1. The number of hydrogen-bond acceptors (Lipinski definition) is 1. The molecule has 1 aromatic carbocycles. The Kier molecular flexibility index (Phi) is 2.80. The Morgan fingerprint density at radius 1 is 1.00 bits per heavy atom. The summed E-state index contributed by atoms with van der Waals surface area (Å²) in [4.78, 5) is 11.4. The standard InChI is InChI=1S/C19H24O/c1-13(20)18-4-2-14(3-5-18)9-19-10-15-6-16(11-19)8-17(7-15)12-19/h2-5,15-17H,6-12H2,1H3. The molecule has 106 valence electrons. The minimum atomic E-state index is 0.173. The largest absolute Gasteiger partial charge is 0.295 e. The van der Waals surface area contributed by atoms with Crippen molar-refractivity contribution in [3.8, 4) is 0 Å². The summed E-state index contributed by atoms with van der Waals surface area (Å²) < 4.78 is 0. The lowest BCUT2D eigenvalue weighted by Gasteiger charge is -2.57. The van der Waals surface area contributed by atoms with E-state index >= 15 is 0 Å². The average molecular weight is 268 g/mol. The van der Waals surface area contributed by atoms with Crippen LogP contribution < -0.4 is 0 Å². The summed E-state index contributed by atoms with van der Waals surface area (Å²) in [6.07, 6.45) is 10.2. The molecule has 0 aromatic heterocycles. The van der Waals surface area contributed by atoms with Gasteiger partial charge >= 0.3 is 0 Å². The van der Waals surface area contributed by atoms with Crippen LogP contribution in [0.4, 0.5) is 0 Å². The molecule has 0 saturated heterocycles. The minimum absolute atomic E-state index is 0.173. The lowest BCUT2D eigenvalue weighted by atomic mass is 9.48. The number of rotatable bonds is 3. The Labute approximate surface area is 121 Å². The van der Waals surface area contributed by atoms with Crippen molar-refractivity contribution in [2.75, 3.05) is 0 Å². The van der Waals surface area contributed by atoms with Gasteiger partial charge in [-0.05, 0) is 80.6 Å². The van der Waals surface area contributed by atoms with Crippen LogP contribution in [0.2, 0.25) is 0 Å². The first-order valence-electron chi connectivity index (χ1n) is 8.22. The van der Waals surface area contributed by atoms with E-state index < -0.39 is 0 Å². The zero-order valence-corrected chi connectivity index (χ0v) is 12.4. The molecule has 0 atom stereocenters. The van der Waals surface area contributed by atoms with Crippen LogP contribution in [0.15, 0.2) is 24.3 Å². The molecule has 0 aliphatic heterocycles. The molecule has 1 nitrogen and oxygen atoms in total. The predicted molar refractivity (Wildman–Crippen MR) is 80.8 cm³/mol. The Morgan fingerprint density at radius 2 is 1.50 bits per heavy atom. The molecule has 1 aromatic rings. The topological polar surface area (TPSA) is 17.1 Å². The first-order valence-corrected chi connectivity index (χ1v) is 8.22. The van der Waals surface area contributed by atoms with Crippen LogP contribution in [0.25, 0.3) is 0 Å². The van der Waals surface area contributed by atoms with Gasteiger partial charge in [-0.2, -0.15) is 0 Å². The van der Waals surface area contributed by atoms with Gasteiger partial charge in [-0.15, -0.1) is 0 Å². The van der Waals surface area contributed by atoms with Crippen LogP contribution in [0.3, 0.4) is 0 Å². The predicted octanol–water partition coefficient (Wildman–Crippen LogP) is 4.65. The Hall–Kier alpha value is -1.11. The van der Waals surface area contributed by atoms with Crippen molar-refractivity contribution in [2.24, 2.45) is 23.2 Å². The smallest absolute Gasteiger partial charge is 0.159 e. The summed E-state index contributed by atoms with van der Waals surface area (Å²) in [5, 5.41) is 0. The van der Waals surface area contributed by atoms with Crippen molar-refractivity contribution in [1.82, 2.24) is 0 Å². The molecule has 20 heavy (non-hydrogen) atoms. The molecule has 0 unspecified atom stereocenters. The zero-order chi connectivity index (χ0) is 13.7. The molecule has 0 radical (unpaired) electrons. The molecule has 4 fully saturated rings. The van der Waals surface area contributed by atoms with Gasteiger partial charge in [-0.1, -0.05) is 24.3 Å². The zero-order valence-electron chi connectivity index (χ0n) is 12.4. The van der Waals surface area contributed by atoms with Gasteiger partial charge < -0.3 is 0 Å². The second-order valence-corrected chi connectivity index (χ2v) is 7.85. The van der Waals surface area contributed by atoms with Gasteiger partial charge in [-0.3, -0.25) is 4.79 Å². The van der Waals surface area contributed by atoms with Crippen molar-refractivity contribution in [3.05, 3.63) is 35.4 Å². The Morgan fingerprint density at radius 3 is 1.95 bits per heavy atom. The average Bonchev–Trinajstić information content (AvgIpc) is 2.37. The van der Waals surface area contributed by atoms with Crippen LogP contribution >= 0.6 is 0 Å². The van der Waals surface area contributed by atoms with Gasteiger partial charge in [0.15, 0.2) is 5.78 Å². The van der Waals surface area contributed by atoms with E-state index in [-0.39, 0.29) is 5.78 Å². The maximum atomic E-state index is 11.4. The van der Waals surface area contributed by atoms with E-state index in [1.54, 1.807) is 6.92 Å². The first kappa shape index (κ1) is 12.6. The normalized spacial score (nSPS) is 38.1. The van der Waals surface area contributed by atoms with Gasteiger partial charge in [0, 0.05) is 5.56 Å². The summed E-state index contributed by atoms with van der Waals surface area (Å²) in [7, 11) is 0. The van der Waals surface area contributed by atoms with Gasteiger partial charge in [-0.25, -0.2) is 0 Å². The van der Waals surface area contributed by atoms with Crippen molar-refractivity contribution in [2.45, 2.75) is 51.9 Å². The number of hydrogen-bond donors (Lipinski definition) is 0. The third kappa shape index (κ3) is 2.12. The van der Waals surface area contributed by atoms with Gasteiger partial charge in [0.2, 0.25) is 0 Å². The lowest BCUT2D eigenvalue weighted by molar-refractivity contribution is -0.0521. The highest BCUT2D eigenvalue weighted by Gasteiger charge is 2.50. The summed E-state index contributed by atoms with van der Waals surface area (Å²) in [5.74, 6) is 3.25. The maximum absolute atomic E-state index is 11.4. The van der Waals surface area contributed by atoms with Crippen molar-refractivity contribution < 1.29 is 4.79 Å². The maximum Gasteiger partial charge on any atom is 0.159 e. The fourth-order valence-corrected chi connectivity index (χ4v) is 5.80. The fourth-order valence-electron chi connectivity index (χ4n) is 5.80. The number of benzene rings is 1. The molecule has 0 heterocycles. The Bertz CT molecular complexity index is 490. The van der Waals surface area contributed by atoms with E-state index in [4.69, 9.17) is 0 Å². The molecule has 0 N–H and O–H groups in total. The van der Waals surface area contributed by atoms with Gasteiger partial charge in [0.1, 0.15) is 0 Å². The highest BCUT2D eigenvalue weighted by Crippen LogP contribution is 2.61. The molecule has 0 spiro atoms. The summed E-state index contributed by atoms with van der Waals surface area (Å²) >= 11 is 0. The van der Waals surface area contributed by atoms with E-state index in [9.17, 15) is 4.79 Å². The van der Waals surface area contributed by atoms with Gasteiger partial charge in [0.05, 0.1) is 0 Å². The lowest BCUT2D eigenvalue weighted by Crippen LogP contribution is -2.47. The SMILES string of the molecule is CC(=O)c1ccc(CC23CC4CC(CC(C4)C2)C3)cc1. The van der Waals surface area contributed by atoms with E-state index in [0.717, 1.165) is 23.3 Å². The number of carbonyl (C=O) groups is 1. The van der Waals surface area contributed by atoms with E-state index in [1.165, 1.54) is 50.5 Å². The van der Waals surface area contributed by atoms with Crippen molar-refractivity contribution in [1.29, 1.82) is 0 Å². The molecule has 4 saturated carbocycles. The molecule has 4 aliphatic carbocycles. The fraction of sp³-hybridized carbons (Fsp3) is 0.632. The number of ketones is 1. The van der Waals surface area contributed by atoms with Crippen LogP contribution in [-0.2, 0) is 6.42 Å². The summed E-state index contributed by atoms with van der Waals surface area (Å²) in [6.45, 7) is 1.65. The molecule has 1 heteroatoms. The first-order chi connectivity index (χ1) is 9.62. The molecular formula is C19H24O.